The van der Waals surface area contributed by atoms with Crippen LogP contribution in [0.3, 0.4) is 0 Å². The Morgan fingerprint density at radius 1 is 0.808 bits per heavy atom. The van der Waals surface area contributed by atoms with Gasteiger partial charge in [-0.15, -0.1) is 0 Å². The van der Waals surface area contributed by atoms with E-state index >= 15 is 0 Å². The first-order chi connectivity index (χ1) is 12.7. The quantitative estimate of drug-likeness (QED) is 0.372. The first-order valence-corrected chi connectivity index (χ1v) is 8.78. The zero-order chi connectivity index (χ0) is 18.8. The van der Waals surface area contributed by atoms with Gasteiger partial charge in [-0.3, -0.25) is 0 Å². The Hall–Kier alpha value is -2.82. The highest BCUT2D eigenvalue weighted by atomic mass is 16.5. The third-order valence-corrected chi connectivity index (χ3v) is 3.87. The number of ether oxygens (including phenoxy) is 3. The summed E-state index contributed by atoms with van der Waals surface area (Å²) in [5.41, 5.74) is 0.392. The maximum atomic E-state index is 12.4. The molecular weight excluding hydrogens is 332 g/mol. The molecule has 2 aromatic carbocycles. The van der Waals surface area contributed by atoms with Gasteiger partial charge in [0.25, 0.3) is 0 Å². The van der Waals surface area contributed by atoms with Crippen LogP contribution in [0, 0.1) is 0 Å². The first-order valence-electron chi connectivity index (χ1n) is 8.78. The van der Waals surface area contributed by atoms with Gasteiger partial charge in [0, 0.05) is 0 Å². The monoisotopic (exact) mass is 356 g/mol. The smallest absolute Gasteiger partial charge is 0.344 e. The molecule has 0 atom stereocenters. The molecule has 0 aromatic heterocycles. The van der Waals surface area contributed by atoms with Crippen LogP contribution in [-0.2, 0) is 4.74 Å². The number of hydrogen-bond donors (Lipinski definition) is 0. The van der Waals surface area contributed by atoms with Gasteiger partial charge in [0.1, 0.15) is 11.5 Å². The Bertz CT molecular complexity index is 721. The lowest BCUT2D eigenvalue weighted by Crippen LogP contribution is -2.16. The molecule has 5 heteroatoms. The molecule has 0 aliphatic rings. The van der Waals surface area contributed by atoms with Gasteiger partial charge in [-0.1, -0.05) is 38.3 Å². The Morgan fingerprint density at radius 2 is 1.42 bits per heavy atom. The van der Waals surface area contributed by atoms with Crippen LogP contribution < -0.4 is 9.47 Å². The fourth-order valence-electron chi connectivity index (χ4n) is 2.42. The number of hydrogen-bond acceptors (Lipinski definition) is 5. The van der Waals surface area contributed by atoms with Crippen LogP contribution in [0.4, 0.5) is 0 Å². The van der Waals surface area contributed by atoms with Gasteiger partial charge in [-0.05, 0) is 42.8 Å². The number of carbonyl (C=O) groups excluding carboxylic acids is 2. The number of rotatable bonds is 9. The third kappa shape index (κ3) is 5.62. The molecular formula is C21H24O5. The van der Waals surface area contributed by atoms with Crippen LogP contribution in [0.5, 0.6) is 11.5 Å². The second-order valence-electron chi connectivity index (χ2n) is 5.81. The van der Waals surface area contributed by atoms with Crippen molar-refractivity contribution in [3.63, 3.8) is 0 Å². The third-order valence-electron chi connectivity index (χ3n) is 3.87. The number of benzene rings is 2. The lowest BCUT2D eigenvalue weighted by molar-refractivity contribution is 0.0489. The molecule has 2 aromatic rings. The summed E-state index contributed by atoms with van der Waals surface area (Å²) < 4.78 is 15.7. The van der Waals surface area contributed by atoms with Crippen molar-refractivity contribution < 1.29 is 23.8 Å². The van der Waals surface area contributed by atoms with Gasteiger partial charge in [0.2, 0.25) is 0 Å². The lowest BCUT2D eigenvalue weighted by Gasteiger charge is -2.10. The van der Waals surface area contributed by atoms with Crippen molar-refractivity contribution in [3.05, 3.63) is 59.7 Å². The van der Waals surface area contributed by atoms with Crippen molar-refractivity contribution in [3.8, 4) is 11.5 Å². The predicted octanol–water partition coefficient (Wildman–Crippen LogP) is 4.65. The SMILES string of the molecule is CCCCCCOC(=O)c1ccccc1C(=O)Oc1ccc(OC)cc1. The summed E-state index contributed by atoms with van der Waals surface area (Å²) >= 11 is 0. The first kappa shape index (κ1) is 19.5. The highest BCUT2D eigenvalue weighted by molar-refractivity contribution is 6.03. The Balaban J connectivity index is 2.02. The molecule has 0 unspecified atom stereocenters. The van der Waals surface area contributed by atoms with Crippen LogP contribution in [0.15, 0.2) is 48.5 Å². The Kier molecular flexibility index (Phi) is 7.68. The second kappa shape index (κ2) is 10.2. The van der Waals surface area contributed by atoms with E-state index in [0.29, 0.717) is 18.1 Å². The highest BCUT2D eigenvalue weighted by Gasteiger charge is 2.19. The molecule has 0 N–H and O–H groups in total. The van der Waals surface area contributed by atoms with Crippen LogP contribution in [0.1, 0.15) is 53.3 Å². The van der Waals surface area contributed by atoms with E-state index in [1.807, 2.05) is 0 Å². The summed E-state index contributed by atoms with van der Waals surface area (Å²) in [6.45, 7) is 2.47. The van der Waals surface area contributed by atoms with Crippen LogP contribution in [0.25, 0.3) is 0 Å². The molecule has 0 saturated carbocycles. The molecule has 0 radical (unpaired) electrons. The van der Waals surface area contributed by atoms with Crippen LogP contribution in [-0.4, -0.2) is 25.7 Å². The average Bonchev–Trinajstić information content (AvgIpc) is 2.68. The second-order valence-corrected chi connectivity index (χ2v) is 5.81. The minimum absolute atomic E-state index is 0.182. The maximum Gasteiger partial charge on any atom is 0.344 e. The van der Waals surface area contributed by atoms with Gasteiger partial charge in [0.05, 0.1) is 24.8 Å². The molecule has 0 spiro atoms. The van der Waals surface area contributed by atoms with E-state index in [4.69, 9.17) is 14.2 Å². The molecule has 0 saturated heterocycles. The van der Waals surface area contributed by atoms with E-state index < -0.39 is 11.9 Å². The number of unbranched alkanes of at least 4 members (excludes halogenated alkanes) is 3. The summed E-state index contributed by atoms with van der Waals surface area (Å²) in [5.74, 6) is -0.0761. The molecule has 2 rings (SSSR count). The zero-order valence-corrected chi connectivity index (χ0v) is 15.2. The van der Waals surface area contributed by atoms with E-state index in [1.54, 1.807) is 55.6 Å². The lowest BCUT2D eigenvalue weighted by atomic mass is 10.1. The molecule has 0 fully saturated rings. The van der Waals surface area contributed by atoms with E-state index in [1.165, 1.54) is 0 Å². The number of esters is 2. The molecule has 0 heterocycles. The number of carbonyl (C=O) groups is 2. The van der Waals surface area contributed by atoms with Gasteiger partial charge < -0.3 is 14.2 Å². The molecule has 0 bridgehead atoms. The molecule has 0 aliphatic heterocycles. The van der Waals surface area contributed by atoms with Crippen molar-refractivity contribution in [1.82, 2.24) is 0 Å². The van der Waals surface area contributed by atoms with Gasteiger partial charge in [-0.2, -0.15) is 0 Å². The van der Waals surface area contributed by atoms with E-state index in [2.05, 4.69) is 6.92 Å². The van der Waals surface area contributed by atoms with Crippen molar-refractivity contribution in [2.45, 2.75) is 32.6 Å². The van der Waals surface area contributed by atoms with Gasteiger partial charge in [0.15, 0.2) is 0 Å². The fraction of sp³-hybridized carbons (Fsp3) is 0.333. The topological polar surface area (TPSA) is 61.8 Å². The van der Waals surface area contributed by atoms with Crippen molar-refractivity contribution in [2.24, 2.45) is 0 Å². The van der Waals surface area contributed by atoms with Crippen LogP contribution in [0.2, 0.25) is 0 Å². The Labute approximate surface area is 153 Å². The Morgan fingerprint density at radius 3 is 2.04 bits per heavy atom. The van der Waals surface area contributed by atoms with E-state index in [9.17, 15) is 9.59 Å². The minimum Gasteiger partial charge on any atom is -0.497 e. The summed E-state index contributed by atoms with van der Waals surface area (Å²) in [6.07, 6.45) is 4.07. The predicted molar refractivity (Wildman–Crippen MR) is 98.8 cm³/mol. The summed E-state index contributed by atoms with van der Waals surface area (Å²) in [6, 6.07) is 13.1. The van der Waals surface area contributed by atoms with Gasteiger partial charge >= 0.3 is 11.9 Å². The summed E-state index contributed by atoms with van der Waals surface area (Å²) in [5, 5.41) is 0. The van der Waals surface area contributed by atoms with Crippen molar-refractivity contribution in [2.75, 3.05) is 13.7 Å². The molecule has 26 heavy (non-hydrogen) atoms. The van der Waals surface area contributed by atoms with Crippen LogP contribution >= 0.6 is 0 Å². The van der Waals surface area contributed by atoms with E-state index in [-0.39, 0.29) is 11.1 Å². The zero-order valence-electron chi connectivity index (χ0n) is 15.2. The van der Waals surface area contributed by atoms with E-state index in [0.717, 1.165) is 25.7 Å². The maximum absolute atomic E-state index is 12.4. The number of methoxy groups -OCH3 is 1. The van der Waals surface area contributed by atoms with Gasteiger partial charge in [-0.25, -0.2) is 9.59 Å². The fourth-order valence-corrected chi connectivity index (χ4v) is 2.42. The molecule has 138 valence electrons. The standard InChI is InChI=1S/C21H24O5/c1-3-4-5-8-15-25-20(22)18-9-6-7-10-19(18)21(23)26-17-13-11-16(24-2)12-14-17/h6-7,9-14H,3-5,8,15H2,1-2H3. The largest absolute Gasteiger partial charge is 0.497 e. The molecule has 5 nitrogen and oxygen atoms in total. The average molecular weight is 356 g/mol. The summed E-state index contributed by atoms with van der Waals surface area (Å²) in [7, 11) is 1.56. The molecule has 0 amide bonds. The summed E-state index contributed by atoms with van der Waals surface area (Å²) in [4.78, 5) is 24.7. The van der Waals surface area contributed by atoms with Crippen molar-refractivity contribution in [1.29, 1.82) is 0 Å². The molecule has 0 aliphatic carbocycles. The van der Waals surface area contributed by atoms with Crippen molar-refractivity contribution >= 4 is 11.9 Å². The highest BCUT2D eigenvalue weighted by Crippen LogP contribution is 2.19. The minimum atomic E-state index is -0.603. The normalized spacial score (nSPS) is 10.2.